The lowest BCUT2D eigenvalue weighted by molar-refractivity contribution is 0.107. The molecule has 0 radical (unpaired) electrons. The Kier molecular flexibility index (Phi) is 6.12. The van der Waals surface area contributed by atoms with Crippen molar-refractivity contribution in [2.45, 2.75) is 87.9 Å². The summed E-state index contributed by atoms with van der Waals surface area (Å²) in [6, 6.07) is 11.3. The topological polar surface area (TPSA) is 73.8 Å². The molecule has 4 fully saturated rings. The Hall–Kier alpha value is -3.34. The molecule has 0 amide bonds. The van der Waals surface area contributed by atoms with Gasteiger partial charge >= 0.3 is 6.01 Å². The lowest BCUT2D eigenvalue weighted by Gasteiger charge is -2.35. The van der Waals surface area contributed by atoms with Crippen LogP contribution in [0.1, 0.15) is 79.8 Å². The zero-order valence-electron chi connectivity index (χ0n) is 23.7. The first-order valence-corrected chi connectivity index (χ1v) is 15.6. The number of phenols is 1. The minimum absolute atomic E-state index is 0.158. The summed E-state index contributed by atoms with van der Waals surface area (Å²) in [4.78, 5) is 15.3. The minimum Gasteiger partial charge on any atom is -0.508 e. The van der Waals surface area contributed by atoms with Crippen LogP contribution in [0.15, 0.2) is 30.3 Å². The molecule has 7 heteroatoms. The number of ether oxygens (including phenoxy) is 1. The van der Waals surface area contributed by atoms with Crippen LogP contribution in [0, 0.1) is 12.3 Å². The molecule has 0 unspecified atom stereocenters. The van der Waals surface area contributed by atoms with Crippen molar-refractivity contribution in [3.8, 4) is 24.1 Å². The number of fused-ring (bicyclic) bond motifs is 5. The van der Waals surface area contributed by atoms with E-state index in [1.807, 2.05) is 24.3 Å². The molecule has 0 aliphatic carbocycles. The highest BCUT2D eigenvalue weighted by molar-refractivity contribution is 6.00. The molecular formula is C34H39N5O2. The molecule has 8 rings (SSSR count). The van der Waals surface area contributed by atoms with E-state index < -0.39 is 0 Å². The zero-order chi connectivity index (χ0) is 27.6. The third kappa shape index (κ3) is 4.35. The van der Waals surface area contributed by atoms with E-state index >= 15 is 0 Å². The van der Waals surface area contributed by atoms with E-state index in [1.54, 1.807) is 6.07 Å². The van der Waals surface area contributed by atoms with Gasteiger partial charge in [-0.2, -0.15) is 9.97 Å². The summed E-state index contributed by atoms with van der Waals surface area (Å²) in [6.07, 6.45) is 16.5. The summed E-state index contributed by atoms with van der Waals surface area (Å²) in [5.41, 5.74) is 5.56. The van der Waals surface area contributed by atoms with Gasteiger partial charge < -0.3 is 20.1 Å². The van der Waals surface area contributed by atoms with Gasteiger partial charge in [-0.05, 0) is 94.0 Å². The Morgan fingerprint density at radius 2 is 1.88 bits per heavy atom. The van der Waals surface area contributed by atoms with E-state index in [4.69, 9.17) is 21.1 Å². The van der Waals surface area contributed by atoms with Crippen LogP contribution < -0.4 is 15.0 Å². The van der Waals surface area contributed by atoms with Crippen molar-refractivity contribution in [1.82, 2.24) is 20.2 Å². The molecule has 6 heterocycles. The molecule has 4 saturated heterocycles. The molecule has 212 valence electrons. The Labute approximate surface area is 242 Å². The van der Waals surface area contributed by atoms with Crippen molar-refractivity contribution < 1.29 is 9.84 Å². The molecule has 3 atom stereocenters. The van der Waals surface area contributed by atoms with Crippen LogP contribution in [-0.2, 0) is 13.0 Å². The number of benzene rings is 2. The fourth-order valence-electron chi connectivity index (χ4n) is 8.74. The molecule has 2 bridgehead atoms. The normalized spacial score (nSPS) is 26.6. The molecule has 0 saturated carbocycles. The van der Waals surface area contributed by atoms with E-state index in [1.165, 1.54) is 62.9 Å². The van der Waals surface area contributed by atoms with E-state index in [0.717, 1.165) is 53.5 Å². The molecule has 2 aromatic carbocycles. The molecule has 41 heavy (non-hydrogen) atoms. The molecule has 3 aromatic rings. The maximum atomic E-state index is 10.6. The van der Waals surface area contributed by atoms with Crippen molar-refractivity contribution in [2.75, 3.05) is 31.1 Å². The zero-order valence-corrected chi connectivity index (χ0v) is 23.7. The van der Waals surface area contributed by atoms with Gasteiger partial charge in [-0.25, -0.2) is 0 Å². The van der Waals surface area contributed by atoms with Crippen LogP contribution in [0.2, 0.25) is 0 Å². The summed E-state index contributed by atoms with van der Waals surface area (Å²) in [7, 11) is 0. The minimum atomic E-state index is 0.158. The van der Waals surface area contributed by atoms with Gasteiger partial charge in [-0.1, -0.05) is 18.1 Å². The number of anilines is 1. The number of nitrogens with zero attached hydrogens (tertiary/aromatic N) is 4. The maximum Gasteiger partial charge on any atom is 0.316 e. The standard InChI is InChI=1S/C34H39N5O2/c1-2-22-6-3-7-23-18-27(40)19-30(31(22)23)38-15-10-28-29(20-38)36-33(41-21-34-11-4-13-39(34)14-5-12-34)37-32(28)24-16-25-8-9-26(17-24)35-25/h1,3,6-7,18-19,24-26,35,40H,4-5,8-17,20-21H2/t24-,25+,26-. The van der Waals surface area contributed by atoms with Crippen molar-refractivity contribution >= 4 is 16.5 Å². The SMILES string of the molecule is C#Cc1cccc2cc(O)cc(N3CCc4c(nc(OCC56CCCN5CCC6)nc4[C@H]4C[C@H]5CC[C@@H](C4)N5)C3)c12. The van der Waals surface area contributed by atoms with E-state index in [0.29, 0.717) is 37.2 Å². The predicted octanol–water partition coefficient (Wildman–Crippen LogP) is 4.88. The van der Waals surface area contributed by atoms with Crippen LogP contribution in [0.4, 0.5) is 5.69 Å². The molecule has 5 aliphatic heterocycles. The molecule has 7 nitrogen and oxygen atoms in total. The van der Waals surface area contributed by atoms with Gasteiger partial charge in [0.25, 0.3) is 0 Å². The van der Waals surface area contributed by atoms with Crippen LogP contribution in [0.5, 0.6) is 11.8 Å². The monoisotopic (exact) mass is 549 g/mol. The van der Waals surface area contributed by atoms with E-state index in [9.17, 15) is 5.11 Å². The molecule has 1 aromatic heterocycles. The summed E-state index contributed by atoms with van der Waals surface area (Å²) >= 11 is 0. The first-order chi connectivity index (χ1) is 20.1. The van der Waals surface area contributed by atoms with Crippen molar-refractivity contribution in [1.29, 1.82) is 0 Å². The summed E-state index contributed by atoms with van der Waals surface area (Å²) < 4.78 is 6.56. The van der Waals surface area contributed by atoms with Crippen molar-refractivity contribution in [3.05, 3.63) is 52.8 Å². The number of rotatable bonds is 5. The molecule has 2 N–H and O–H groups in total. The van der Waals surface area contributed by atoms with Crippen LogP contribution in [0.3, 0.4) is 0 Å². The Morgan fingerprint density at radius 3 is 2.66 bits per heavy atom. The third-order valence-corrected chi connectivity index (χ3v) is 10.7. The first-order valence-electron chi connectivity index (χ1n) is 15.6. The van der Waals surface area contributed by atoms with Crippen LogP contribution >= 0.6 is 0 Å². The highest BCUT2D eigenvalue weighted by atomic mass is 16.5. The lowest BCUT2D eigenvalue weighted by Crippen LogP contribution is -2.43. The van der Waals surface area contributed by atoms with E-state index in [-0.39, 0.29) is 11.3 Å². The Morgan fingerprint density at radius 1 is 1.07 bits per heavy atom. The first kappa shape index (κ1) is 25.4. The number of hydrogen-bond acceptors (Lipinski definition) is 7. The van der Waals surface area contributed by atoms with Gasteiger partial charge in [0.15, 0.2) is 0 Å². The van der Waals surface area contributed by atoms with E-state index in [2.05, 4.69) is 21.0 Å². The summed E-state index contributed by atoms with van der Waals surface area (Å²) in [5, 5.41) is 16.4. The molecular weight excluding hydrogens is 510 g/mol. The number of aromatic hydroxyl groups is 1. The Bertz CT molecular complexity index is 1520. The van der Waals surface area contributed by atoms with Crippen LogP contribution in [0.25, 0.3) is 10.8 Å². The average Bonchev–Trinajstić information content (AvgIpc) is 3.68. The van der Waals surface area contributed by atoms with Gasteiger partial charge in [0.05, 0.1) is 23.5 Å². The van der Waals surface area contributed by atoms with Gasteiger partial charge in [0.1, 0.15) is 12.4 Å². The van der Waals surface area contributed by atoms with Gasteiger partial charge in [-0.3, -0.25) is 4.90 Å². The van der Waals surface area contributed by atoms with Crippen molar-refractivity contribution in [2.24, 2.45) is 0 Å². The van der Waals surface area contributed by atoms with Gasteiger partial charge in [0.2, 0.25) is 0 Å². The van der Waals surface area contributed by atoms with Crippen molar-refractivity contribution in [3.63, 3.8) is 0 Å². The summed E-state index contributed by atoms with van der Waals surface area (Å²) in [6.45, 7) is 4.52. The third-order valence-electron chi connectivity index (χ3n) is 10.7. The number of hydrogen-bond donors (Lipinski definition) is 2. The van der Waals surface area contributed by atoms with Gasteiger partial charge in [0, 0.05) is 47.2 Å². The number of nitrogens with one attached hydrogen (secondary N) is 1. The highest BCUT2D eigenvalue weighted by Gasteiger charge is 2.45. The predicted molar refractivity (Wildman–Crippen MR) is 161 cm³/mol. The fourth-order valence-corrected chi connectivity index (χ4v) is 8.74. The highest BCUT2D eigenvalue weighted by Crippen LogP contribution is 2.42. The maximum absolute atomic E-state index is 10.6. The number of aromatic nitrogens is 2. The quantitative estimate of drug-likeness (QED) is 0.439. The Balaban J connectivity index is 1.16. The second-order valence-corrected chi connectivity index (χ2v) is 13.0. The number of piperidine rings is 1. The lowest BCUT2D eigenvalue weighted by atomic mass is 9.85. The second kappa shape index (κ2) is 9.89. The summed E-state index contributed by atoms with van der Waals surface area (Å²) in [5.74, 6) is 3.56. The number of phenolic OH excluding ortho intramolecular Hbond substituents is 1. The fraction of sp³-hybridized carbons (Fsp3) is 0.529. The molecule has 0 spiro atoms. The number of terminal acetylenes is 1. The van der Waals surface area contributed by atoms with Gasteiger partial charge in [-0.15, -0.1) is 6.42 Å². The van der Waals surface area contributed by atoms with Crippen LogP contribution in [-0.4, -0.2) is 63.8 Å². The smallest absolute Gasteiger partial charge is 0.316 e. The largest absolute Gasteiger partial charge is 0.508 e. The second-order valence-electron chi connectivity index (χ2n) is 13.0. The average molecular weight is 550 g/mol. The molecule has 5 aliphatic rings.